The molecule has 0 radical (unpaired) electrons. The SMILES string of the molecule is CC(C)N(C(=O)CSCc1ccc(CO)cc1)C1CCCC1. The second kappa shape index (κ2) is 8.59. The van der Waals surface area contributed by atoms with E-state index in [4.69, 9.17) is 5.11 Å². The van der Waals surface area contributed by atoms with Crippen LogP contribution in [0.15, 0.2) is 24.3 Å². The molecule has 0 aliphatic heterocycles. The summed E-state index contributed by atoms with van der Waals surface area (Å²) in [5.41, 5.74) is 2.13. The van der Waals surface area contributed by atoms with Gasteiger partial charge in [0, 0.05) is 17.8 Å². The molecule has 0 bridgehead atoms. The summed E-state index contributed by atoms with van der Waals surface area (Å²) in [5, 5.41) is 9.04. The quantitative estimate of drug-likeness (QED) is 0.834. The summed E-state index contributed by atoms with van der Waals surface area (Å²) in [7, 11) is 0. The molecule has 22 heavy (non-hydrogen) atoms. The van der Waals surface area contributed by atoms with Crippen LogP contribution in [0, 0.1) is 0 Å². The fourth-order valence-electron chi connectivity index (χ4n) is 3.17. The average Bonchev–Trinajstić information content (AvgIpc) is 3.01. The summed E-state index contributed by atoms with van der Waals surface area (Å²) in [6.07, 6.45) is 4.84. The number of nitrogens with zero attached hydrogens (tertiary/aromatic N) is 1. The number of benzene rings is 1. The first-order valence-electron chi connectivity index (χ1n) is 8.19. The van der Waals surface area contributed by atoms with Gasteiger partial charge in [-0.1, -0.05) is 37.1 Å². The van der Waals surface area contributed by atoms with Crippen molar-refractivity contribution in [3.8, 4) is 0 Å². The van der Waals surface area contributed by atoms with Gasteiger partial charge in [0.25, 0.3) is 0 Å². The molecule has 2 rings (SSSR count). The number of hydrogen-bond acceptors (Lipinski definition) is 3. The average molecular weight is 321 g/mol. The molecule has 122 valence electrons. The zero-order valence-corrected chi connectivity index (χ0v) is 14.4. The van der Waals surface area contributed by atoms with Crippen molar-refractivity contribution >= 4 is 17.7 Å². The number of rotatable bonds is 7. The Morgan fingerprint density at radius 1 is 1.23 bits per heavy atom. The van der Waals surface area contributed by atoms with E-state index in [1.165, 1.54) is 18.4 Å². The molecular formula is C18H27NO2S. The number of aliphatic hydroxyl groups excluding tert-OH is 1. The first-order valence-corrected chi connectivity index (χ1v) is 9.35. The van der Waals surface area contributed by atoms with Gasteiger partial charge in [0.2, 0.25) is 5.91 Å². The second-order valence-corrected chi connectivity index (χ2v) is 7.29. The van der Waals surface area contributed by atoms with Crippen LogP contribution in [-0.2, 0) is 17.2 Å². The van der Waals surface area contributed by atoms with Gasteiger partial charge >= 0.3 is 0 Å². The summed E-state index contributed by atoms with van der Waals surface area (Å²) in [6.45, 7) is 4.32. The van der Waals surface area contributed by atoms with Gasteiger partial charge in [-0.05, 0) is 37.8 Å². The van der Waals surface area contributed by atoms with Crippen molar-refractivity contribution in [1.29, 1.82) is 0 Å². The topological polar surface area (TPSA) is 40.5 Å². The number of carbonyl (C=O) groups excluding carboxylic acids is 1. The molecule has 4 heteroatoms. The molecular weight excluding hydrogens is 294 g/mol. The molecule has 0 aromatic heterocycles. The third-order valence-electron chi connectivity index (χ3n) is 4.26. The van der Waals surface area contributed by atoms with E-state index in [1.807, 2.05) is 24.3 Å². The highest BCUT2D eigenvalue weighted by molar-refractivity contribution is 7.99. The van der Waals surface area contributed by atoms with Crippen molar-refractivity contribution in [3.05, 3.63) is 35.4 Å². The van der Waals surface area contributed by atoms with Crippen LogP contribution in [0.3, 0.4) is 0 Å². The zero-order valence-electron chi connectivity index (χ0n) is 13.6. The summed E-state index contributed by atoms with van der Waals surface area (Å²) >= 11 is 1.68. The standard InChI is InChI=1S/C18H27NO2S/c1-14(2)19(17-5-3-4-6-17)18(21)13-22-12-16-9-7-15(11-20)8-10-16/h7-10,14,17,20H,3-6,11-13H2,1-2H3. The van der Waals surface area contributed by atoms with Crippen molar-refractivity contribution in [2.75, 3.05) is 5.75 Å². The lowest BCUT2D eigenvalue weighted by atomic mass is 10.1. The number of aliphatic hydroxyl groups is 1. The number of carbonyl (C=O) groups is 1. The normalized spacial score (nSPS) is 15.5. The van der Waals surface area contributed by atoms with Crippen LogP contribution < -0.4 is 0 Å². The Morgan fingerprint density at radius 2 is 1.82 bits per heavy atom. The minimum Gasteiger partial charge on any atom is -0.392 e. The summed E-state index contributed by atoms with van der Waals surface area (Å²) in [6, 6.07) is 8.69. The molecule has 0 atom stereocenters. The van der Waals surface area contributed by atoms with Crippen LogP contribution in [0.25, 0.3) is 0 Å². The Labute approximate surface area is 138 Å². The van der Waals surface area contributed by atoms with Crippen molar-refractivity contribution in [2.45, 2.75) is 64.0 Å². The fourth-order valence-corrected chi connectivity index (χ4v) is 4.02. The minimum absolute atomic E-state index is 0.0800. The molecule has 1 amide bonds. The van der Waals surface area contributed by atoms with E-state index >= 15 is 0 Å². The molecule has 3 nitrogen and oxygen atoms in total. The maximum Gasteiger partial charge on any atom is 0.233 e. The lowest BCUT2D eigenvalue weighted by molar-refractivity contribution is -0.132. The van der Waals surface area contributed by atoms with Gasteiger partial charge in [-0.15, -0.1) is 11.8 Å². The number of amides is 1. The fraction of sp³-hybridized carbons (Fsp3) is 0.611. The predicted octanol–water partition coefficient (Wildman–Crippen LogP) is 3.59. The smallest absolute Gasteiger partial charge is 0.233 e. The van der Waals surface area contributed by atoms with Crippen molar-refractivity contribution in [1.82, 2.24) is 4.90 Å². The van der Waals surface area contributed by atoms with Crippen LogP contribution in [0.1, 0.15) is 50.7 Å². The largest absolute Gasteiger partial charge is 0.392 e. The maximum atomic E-state index is 12.5. The van der Waals surface area contributed by atoms with Crippen LogP contribution in [-0.4, -0.2) is 33.8 Å². The third-order valence-corrected chi connectivity index (χ3v) is 5.25. The van der Waals surface area contributed by atoms with Crippen LogP contribution >= 0.6 is 11.8 Å². The van der Waals surface area contributed by atoms with Gasteiger partial charge < -0.3 is 10.0 Å². The molecule has 0 saturated heterocycles. The molecule has 1 aliphatic carbocycles. The summed E-state index contributed by atoms with van der Waals surface area (Å²) < 4.78 is 0. The number of hydrogen-bond donors (Lipinski definition) is 1. The lowest BCUT2D eigenvalue weighted by Crippen LogP contribution is -2.44. The van der Waals surface area contributed by atoms with Gasteiger partial charge in [-0.2, -0.15) is 0 Å². The molecule has 1 saturated carbocycles. The Bertz CT molecular complexity index is 466. The van der Waals surface area contributed by atoms with Crippen LogP contribution in [0.5, 0.6) is 0 Å². The van der Waals surface area contributed by atoms with E-state index in [0.29, 0.717) is 17.8 Å². The van der Waals surface area contributed by atoms with E-state index in [2.05, 4.69) is 18.7 Å². The van der Waals surface area contributed by atoms with Crippen LogP contribution in [0.2, 0.25) is 0 Å². The summed E-state index contributed by atoms with van der Waals surface area (Å²) in [5.74, 6) is 1.67. The first kappa shape index (κ1) is 17.4. The predicted molar refractivity (Wildman–Crippen MR) is 92.8 cm³/mol. The van der Waals surface area contributed by atoms with Gasteiger partial charge in [0.1, 0.15) is 0 Å². The maximum absolute atomic E-state index is 12.5. The molecule has 1 aromatic rings. The van der Waals surface area contributed by atoms with E-state index in [9.17, 15) is 4.79 Å². The highest BCUT2D eigenvalue weighted by atomic mass is 32.2. The zero-order chi connectivity index (χ0) is 15.9. The van der Waals surface area contributed by atoms with Gasteiger partial charge in [0.15, 0.2) is 0 Å². The molecule has 1 aromatic carbocycles. The molecule has 0 heterocycles. The Kier molecular flexibility index (Phi) is 6.77. The third kappa shape index (κ3) is 4.75. The Morgan fingerprint density at radius 3 is 2.36 bits per heavy atom. The Hall–Kier alpha value is -1.00. The van der Waals surface area contributed by atoms with E-state index in [1.54, 1.807) is 11.8 Å². The molecule has 1 N–H and O–H groups in total. The lowest BCUT2D eigenvalue weighted by Gasteiger charge is -2.32. The second-order valence-electron chi connectivity index (χ2n) is 6.30. The van der Waals surface area contributed by atoms with E-state index in [-0.39, 0.29) is 12.5 Å². The molecule has 0 unspecified atom stereocenters. The van der Waals surface area contributed by atoms with Crippen LogP contribution in [0.4, 0.5) is 0 Å². The monoisotopic (exact) mass is 321 g/mol. The first-order chi connectivity index (χ1) is 10.6. The molecule has 0 spiro atoms. The van der Waals surface area contributed by atoms with Crippen molar-refractivity contribution in [3.63, 3.8) is 0 Å². The summed E-state index contributed by atoms with van der Waals surface area (Å²) in [4.78, 5) is 14.6. The highest BCUT2D eigenvalue weighted by Gasteiger charge is 2.28. The molecule has 1 aliphatic rings. The van der Waals surface area contributed by atoms with E-state index in [0.717, 1.165) is 24.2 Å². The minimum atomic E-state index is 0.0800. The number of thioether (sulfide) groups is 1. The van der Waals surface area contributed by atoms with Crippen molar-refractivity contribution < 1.29 is 9.90 Å². The molecule has 1 fully saturated rings. The van der Waals surface area contributed by atoms with Crippen molar-refractivity contribution in [2.24, 2.45) is 0 Å². The highest BCUT2D eigenvalue weighted by Crippen LogP contribution is 2.26. The van der Waals surface area contributed by atoms with Gasteiger partial charge in [-0.3, -0.25) is 4.79 Å². The van der Waals surface area contributed by atoms with E-state index < -0.39 is 0 Å². The Balaban J connectivity index is 1.82. The van der Waals surface area contributed by atoms with Gasteiger partial charge in [-0.25, -0.2) is 0 Å². The van der Waals surface area contributed by atoms with Gasteiger partial charge in [0.05, 0.1) is 12.4 Å².